The second kappa shape index (κ2) is 8.25. The Hall–Kier alpha value is -1.51. The van der Waals surface area contributed by atoms with Crippen molar-refractivity contribution in [1.29, 1.82) is 0 Å². The van der Waals surface area contributed by atoms with E-state index in [1.165, 1.54) is 24.1 Å². The molecule has 0 unspecified atom stereocenters. The maximum atomic E-state index is 12.0. The molecule has 0 radical (unpaired) electrons. The minimum Gasteiger partial charge on any atom is -0.480 e. The number of rotatable bonds is 6. The molecule has 7 nitrogen and oxygen atoms in total. The molecule has 138 valence electrons. The lowest BCUT2D eigenvalue weighted by Gasteiger charge is -2.23. The van der Waals surface area contributed by atoms with Crippen molar-refractivity contribution < 1.29 is 27.5 Å². The van der Waals surface area contributed by atoms with Gasteiger partial charge in [0.25, 0.3) is 5.91 Å². The number of hydrogen-bond donors (Lipinski definition) is 0. The van der Waals surface area contributed by atoms with E-state index in [-0.39, 0.29) is 28.3 Å². The number of likely N-dealkylation sites (N-methyl/N-ethyl adjacent to an activating group) is 1. The van der Waals surface area contributed by atoms with E-state index in [0.717, 1.165) is 0 Å². The molecule has 10 heteroatoms. The third-order valence-electron chi connectivity index (χ3n) is 3.75. The minimum absolute atomic E-state index is 0.0603. The molecule has 25 heavy (non-hydrogen) atoms. The molecule has 1 aliphatic heterocycles. The molecule has 1 amide bonds. The highest BCUT2D eigenvalue weighted by molar-refractivity contribution is 7.91. The van der Waals surface area contributed by atoms with E-state index in [4.69, 9.17) is 32.7 Å². The Morgan fingerprint density at radius 3 is 2.60 bits per heavy atom. The largest absolute Gasteiger partial charge is 0.480 e. The number of halogens is 2. The predicted molar refractivity (Wildman–Crippen MR) is 92.7 cm³/mol. The maximum Gasteiger partial charge on any atom is 0.344 e. The average Bonchev–Trinajstić information content (AvgIpc) is 2.91. The first-order valence-electron chi connectivity index (χ1n) is 7.37. The number of carbonyl (C=O) groups is 2. The van der Waals surface area contributed by atoms with Crippen LogP contribution in [0.1, 0.15) is 6.42 Å². The molecule has 1 saturated heterocycles. The van der Waals surface area contributed by atoms with Crippen molar-refractivity contribution in [3.63, 3.8) is 0 Å². The van der Waals surface area contributed by atoms with Crippen molar-refractivity contribution in [2.24, 2.45) is 0 Å². The number of sulfone groups is 1. The molecule has 1 aromatic rings. The highest BCUT2D eigenvalue weighted by Gasteiger charge is 2.32. The lowest BCUT2D eigenvalue weighted by atomic mass is 10.2. The van der Waals surface area contributed by atoms with Crippen molar-refractivity contribution in [2.45, 2.75) is 12.5 Å². The van der Waals surface area contributed by atoms with Crippen LogP contribution in [0.2, 0.25) is 10.0 Å². The first-order valence-corrected chi connectivity index (χ1v) is 9.95. The summed E-state index contributed by atoms with van der Waals surface area (Å²) in [7, 11) is -1.60. The smallest absolute Gasteiger partial charge is 0.344 e. The molecule has 0 N–H and O–H groups in total. The molecule has 0 spiro atoms. The minimum atomic E-state index is -3.10. The highest BCUT2D eigenvalue weighted by Crippen LogP contribution is 2.27. The molecule has 1 aromatic carbocycles. The first-order chi connectivity index (χ1) is 11.7. The number of amides is 1. The molecule has 2 rings (SSSR count). The Bertz CT molecular complexity index is 767. The van der Waals surface area contributed by atoms with Crippen molar-refractivity contribution >= 4 is 44.9 Å². The van der Waals surface area contributed by atoms with E-state index in [1.807, 2.05) is 0 Å². The molecule has 0 aromatic heterocycles. The van der Waals surface area contributed by atoms with Gasteiger partial charge in [-0.05, 0) is 24.6 Å². The van der Waals surface area contributed by atoms with E-state index in [9.17, 15) is 18.0 Å². The summed E-state index contributed by atoms with van der Waals surface area (Å²) in [5.41, 5.74) is 0. The quantitative estimate of drug-likeness (QED) is 0.662. The molecule has 1 fully saturated rings. The summed E-state index contributed by atoms with van der Waals surface area (Å²) in [5.74, 6) is -0.957. The van der Waals surface area contributed by atoms with Gasteiger partial charge in [-0.25, -0.2) is 13.2 Å². The van der Waals surface area contributed by atoms with E-state index >= 15 is 0 Å². The van der Waals surface area contributed by atoms with Gasteiger partial charge in [0.2, 0.25) is 0 Å². The molecule has 0 saturated carbocycles. The Kier molecular flexibility index (Phi) is 6.53. The van der Waals surface area contributed by atoms with Crippen LogP contribution in [0.25, 0.3) is 0 Å². The molecular formula is C15H17Cl2NO6S. The van der Waals surface area contributed by atoms with Gasteiger partial charge in [0, 0.05) is 18.1 Å². The third kappa shape index (κ3) is 5.76. The van der Waals surface area contributed by atoms with E-state index in [2.05, 4.69) is 0 Å². The number of benzene rings is 1. The van der Waals surface area contributed by atoms with Gasteiger partial charge in [-0.15, -0.1) is 0 Å². The second-order valence-electron chi connectivity index (χ2n) is 5.59. The van der Waals surface area contributed by atoms with E-state index in [0.29, 0.717) is 11.4 Å². The molecule has 0 aliphatic carbocycles. The van der Waals surface area contributed by atoms with Crippen molar-refractivity contribution in [2.75, 3.05) is 31.8 Å². The molecule has 1 heterocycles. The van der Waals surface area contributed by atoms with Gasteiger partial charge in [0.1, 0.15) is 5.75 Å². The summed E-state index contributed by atoms with van der Waals surface area (Å²) in [5, 5.41) is 0.682. The number of esters is 1. The van der Waals surface area contributed by atoms with E-state index < -0.39 is 34.9 Å². The molecule has 1 aliphatic rings. The van der Waals surface area contributed by atoms with Gasteiger partial charge in [-0.3, -0.25) is 4.79 Å². The average molecular weight is 410 g/mol. The van der Waals surface area contributed by atoms with Gasteiger partial charge in [-0.2, -0.15) is 0 Å². The predicted octanol–water partition coefficient (Wildman–Crippen LogP) is 1.56. The molecule has 1 atom stereocenters. The van der Waals surface area contributed by atoms with Crippen LogP contribution in [-0.4, -0.2) is 63.0 Å². The van der Waals surface area contributed by atoms with Crippen LogP contribution in [0.4, 0.5) is 0 Å². The van der Waals surface area contributed by atoms with E-state index in [1.54, 1.807) is 6.07 Å². The fraction of sp³-hybridized carbons (Fsp3) is 0.467. The summed E-state index contributed by atoms with van der Waals surface area (Å²) in [6.45, 7) is -0.903. The maximum absolute atomic E-state index is 12.0. The Morgan fingerprint density at radius 2 is 2.00 bits per heavy atom. The Balaban J connectivity index is 1.76. The SMILES string of the molecule is CN(C(=O)COC(=O)COc1ccc(Cl)cc1Cl)[C@H]1CCS(=O)(=O)C1. The number of nitrogens with zero attached hydrogens (tertiary/aromatic N) is 1. The van der Waals surface area contributed by atoms with Gasteiger partial charge in [-0.1, -0.05) is 23.2 Å². The summed E-state index contributed by atoms with van der Waals surface area (Å²) >= 11 is 11.7. The van der Waals surface area contributed by atoms with Crippen molar-refractivity contribution in [1.82, 2.24) is 4.90 Å². The van der Waals surface area contributed by atoms with Crippen LogP contribution >= 0.6 is 23.2 Å². The lowest BCUT2D eigenvalue weighted by molar-refractivity contribution is -0.153. The summed E-state index contributed by atoms with van der Waals surface area (Å²) in [6, 6.07) is 4.15. The van der Waals surface area contributed by atoms with Crippen LogP contribution in [0.3, 0.4) is 0 Å². The zero-order valence-electron chi connectivity index (χ0n) is 13.4. The first kappa shape index (κ1) is 19.8. The van der Waals surface area contributed by atoms with Gasteiger partial charge in [0.05, 0.1) is 16.5 Å². The van der Waals surface area contributed by atoms with Crippen LogP contribution in [0, 0.1) is 0 Å². The van der Waals surface area contributed by atoms with Crippen LogP contribution in [-0.2, 0) is 24.2 Å². The monoisotopic (exact) mass is 409 g/mol. The van der Waals surface area contributed by atoms with Crippen molar-refractivity contribution in [3.05, 3.63) is 28.2 Å². The van der Waals surface area contributed by atoms with Crippen LogP contribution in [0.5, 0.6) is 5.75 Å². The van der Waals surface area contributed by atoms with Gasteiger partial charge >= 0.3 is 5.97 Å². The summed E-state index contributed by atoms with van der Waals surface area (Å²) in [4.78, 5) is 25.0. The molecule has 0 bridgehead atoms. The van der Waals surface area contributed by atoms with Crippen LogP contribution < -0.4 is 4.74 Å². The second-order valence-corrected chi connectivity index (χ2v) is 8.66. The highest BCUT2D eigenvalue weighted by atomic mass is 35.5. The Labute approximate surface area is 155 Å². The zero-order valence-corrected chi connectivity index (χ0v) is 15.7. The zero-order chi connectivity index (χ0) is 18.6. The number of carbonyl (C=O) groups excluding carboxylic acids is 2. The topological polar surface area (TPSA) is 90.0 Å². The standard InChI is InChI=1S/C15H17Cl2NO6S/c1-18(11-4-5-25(21,22)9-11)14(19)7-24-15(20)8-23-13-3-2-10(16)6-12(13)17/h2-3,6,11H,4-5,7-9H2,1H3/t11-/m0/s1. The summed E-state index contributed by atoms with van der Waals surface area (Å²) < 4.78 is 32.9. The van der Waals surface area contributed by atoms with Gasteiger partial charge in [0.15, 0.2) is 23.1 Å². The van der Waals surface area contributed by atoms with Crippen LogP contribution in [0.15, 0.2) is 18.2 Å². The fourth-order valence-electron chi connectivity index (χ4n) is 2.30. The normalized spacial score (nSPS) is 18.6. The molecular weight excluding hydrogens is 393 g/mol. The van der Waals surface area contributed by atoms with Crippen molar-refractivity contribution in [3.8, 4) is 5.75 Å². The number of ether oxygens (including phenoxy) is 2. The Morgan fingerprint density at radius 1 is 1.28 bits per heavy atom. The fourth-order valence-corrected chi connectivity index (χ4v) is 4.54. The van der Waals surface area contributed by atoms with Gasteiger partial charge < -0.3 is 14.4 Å². The summed E-state index contributed by atoms with van der Waals surface area (Å²) in [6.07, 6.45) is 0.386. The lowest BCUT2D eigenvalue weighted by Crippen LogP contribution is -2.40. The third-order valence-corrected chi connectivity index (χ3v) is 6.03. The number of hydrogen-bond acceptors (Lipinski definition) is 6.